The van der Waals surface area contributed by atoms with Crippen LogP contribution in [0.4, 0.5) is 0 Å². The molecule has 0 radical (unpaired) electrons. The van der Waals surface area contributed by atoms with E-state index in [0.29, 0.717) is 19.4 Å². The zero-order chi connectivity index (χ0) is 15.0. The van der Waals surface area contributed by atoms with Crippen LogP contribution in [0.3, 0.4) is 0 Å². The van der Waals surface area contributed by atoms with Crippen LogP contribution in [0.25, 0.3) is 5.57 Å². The van der Waals surface area contributed by atoms with Crippen LogP contribution < -0.4 is 0 Å². The molecule has 1 aliphatic heterocycles. The molecule has 21 heavy (non-hydrogen) atoms. The summed E-state index contributed by atoms with van der Waals surface area (Å²) >= 11 is 0. The van der Waals surface area contributed by atoms with E-state index in [2.05, 4.69) is 32.1 Å². The molecule has 1 heterocycles. The number of likely N-dealkylation sites (tertiary alicyclic amines) is 1. The fourth-order valence-corrected chi connectivity index (χ4v) is 3.23. The average Bonchev–Trinajstić information content (AvgIpc) is 2.77. The maximum absolute atomic E-state index is 11.7. The molecule has 0 N–H and O–H groups in total. The number of imide groups is 1. The second-order valence-electron chi connectivity index (χ2n) is 6.05. The molecule has 0 atom stereocenters. The summed E-state index contributed by atoms with van der Waals surface area (Å²) in [5.41, 5.74) is 6.62. The minimum Gasteiger partial charge on any atom is -0.282 e. The molecule has 2 aliphatic rings. The van der Waals surface area contributed by atoms with Gasteiger partial charge in [0, 0.05) is 19.4 Å². The SMILES string of the molecule is Cc1cc2c(cc1C)C(CCN1C(=O)CCC1=O)=CCC2. The number of aryl methyl sites for hydroxylation is 3. The van der Waals surface area contributed by atoms with Gasteiger partial charge in [0.25, 0.3) is 0 Å². The number of hydrogen-bond acceptors (Lipinski definition) is 2. The smallest absolute Gasteiger partial charge is 0.229 e. The molecule has 1 saturated heterocycles. The van der Waals surface area contributed by atoms with E-state index in [4.69, 9.17) is 0 Å². The molecule has 0 aromatic heterocycles. The number of rotatable bonds is 3. The predicted octanol–water partition coefficient (Wildman–Crippen LogP) is 3.17. The molecule has 0 unspecified atom stereocenters. The monoisotopic (exact) mass is 283 g/mol. The Morgan fingerprint density at radius 3 is 2.38 bits per heavy atom. The lowest BCUT2D eigenvalue weighted by Gasteiger charge is -2.21. The number of nitrogens with zero attached hydrogens (tertiary/aromatic N) is 1. The minimum absolute atomic E-state index is 0.0169. The zero-order valence-corrected chi connectivity index (χ0v) is 12.7. The topological polar surface area (TPSA) is 37.4 Å². The van der Waals surface area contributed by atoms with Crippen LogP contribution in [0.1, 0.15) is 47.9 Å². The molecule has 1 aromatic carbocycles. The van der Waals surface area contributed by atoms with Crippen LogP contribution in [-0.4, -0.2) is 23.3 Å². The van der Waals surface area contributed by atoms with Gasteiger partial charge < -0.3 is 0 Å². The zero-order valence-electron chi connectivity index (χ0n) is 12.7. The van der Waals surface area contributed by atoms with E-state index in [9.17, 15) is 9.59 Å². The first-order chi connectivity index (χ1) is 10.1. The van der Waals surface area contributed by atoms with E-state index in [1.54, 1.807) is 0 Å². The number of benzene rings is 1. The quantitative estimate of drug-likeness (QED) is 0.799. The van der Waals surface area contributed by atoms with Gasteiger partial charge in [0.1, 0.15) is 0 Å². The summed E-state index contributed by atoms with van der Waals surface area (Å²) in [7, 11) is 0. The van der Waals surface area contributed by atoms with Crippen LogP contribution in [-0.2, 0) is 16.0 Å². The van der Waals surface area contributed by atoms with E-state index in [1.165, 1.54) is 32.7 Å². The highest BCUT2D eigenvalue weighted by molar-refractivity contribution is 6.02. The summed E-state index contributed by atoms with van der Waals surface area (Å²) in [6.45, 7) is 4.81. The van der Waals surface area contributed by atoms with Gasteiger partial charge in [-0.2, -0.15) is 0 Å². The van der Waals surface area contributed by atoms with Crippen LogP contribution in [0.2, 0.25) is 0 Å². The molecule has 3 nitrogen and oxygen atoms in total. The standard InChI is InChI=1S/C18H21NO2/c1-12-10-15-5-3-4-14(16(15)11-13(12)2)8-9-19-17(20)6-7-18(19)21/h4,10-11H,3,5-9H2,1-2H3. The largest absolute Gasteiger partial charge is 0.282 e. The van der Waals surface area contributed by atoms with Crippen molar-refractivity contribution in [3.8, 4) is 0 Å². The molecule has 110 valence electrons. The third-order valence-electron chi connectivity index (χ3n) is 4.63. The highest BCUT2D eigenvalue weighted by atomic mass is 16.2. The Labute approximate surface area is 125 Å². The number of fused-ring (bicyclic) bond motifs is 1. The van der Waals surface area contributed by atoms with Crippen molar-refractivity contribution in [2.45, 2.75) is 46.0 Å². The van der Waals surface area contributed by atoms with Gasteiger partial charge in [-0.15, -0.1) is 0 Å². The summed E-state index contributed by atoms with van der Waals surface area (Å²) in [4.78, 5) is 24.8. The molecule has 1 aromatic rings. The van der Waals surface area contributed by atoms with Crippen molar-refractivity contribution in [3.05, 3.63) is 40.5 Å². The molecule has 2 amide bonds. The molecule has 0 bridgehead atoms. The van der Waals surface area contributed by atoms with Crippen molar-refractivity contribution >= 4 is 17.4 Å². The Morgan fingerprint density at radius 2 is 1.67 bits per heavy atom. The van der Waals surface area contributed by atoms with Crippen molar-refractivity contribution in [1.29, 1.82) is 0 Å². The third kappa shape index (κ3) is 2.65. The number of allylic oxidation sites excluding steroid dienone is 1. The van der Waals surface area contributed by atoms with Gasteiger partial charge in [-0.3, -0.25) is 14.5 Å². The van der Waals surface area contributed by atoms with E-state index in [-0.39, 0.29) is 11.8 Å². The van der Waals surface area contributed by atoms with Gasteiger partial charge in [0.15, 0.2) is 0 Å². The first-order valence-electron chi connectivity index (χ1n) is 7.69. The second-order valence-corrected chi connectivity index (χ2v) is 6.05. The van der Waals surface area contributed by atoms with Crippen molar-refractivity contribution < 1.29 is 9.59 Å². The first kappa shape index (κ1) is 14.1. The average molecular weight is 283 g/mol. The van der Waals surface area contributed by atoms with Crippen LogP contribution >= 0.6 is 0 Å². The van der Waals surface area contributed by atoms with Crippen molar-refractivity contribution in [3.63, 3.8) is 0 Å². The Balaban J connectivity index is 1.78. The lowest BCUT2D eigenvalue weighted by molar-refractivity contribution is -0.138. The number of hydrogen-bond donors (Lipinski definition) is 0. The molecule has 0 spiro atoms. The molecule has 0 saturated carbocycles. The van der Waals surface area contributed by atoms with Crippen molar-refractivity contribution in [2.24, 2.45) is 0 Å². The first-order valence-corrected chi connectivity index (χ1v) is 7.69. The Kier molecular flexibility index (Phi) is 3.66. The summed E-state index contributed by atoms with van der Waals surface area (Å²) in [5.74, 6) is -0.0339. The summed E-state index contributed by atoms with van der Waals surface area (Å²) in [5, 5.41) is 0. The summed E-state index contributed by atoms with van der Waals surface area (Å²) in [6.07, 6.45) is 5.93. The summed E-state index contributed by atoms with van der Waals surface area (Å²) < 4.78 is 0. The fourth-order valence-electron chi connectivity index (χ4n) is 3.23. The van der Waals surface area contributed by atoms with Crippen molar-refractivity contribution in [2.75, 3.05) is 6.54 Å². The molecule has 3 rings (SSSR count). The number of carbonyl (C=O) groups excluding carboxylic acids is 2. The van der Waals surface area contributed by atoms with Gasteiger partial charge in [-0.25, -0.2) is 0 Å². The highest BCUT2D eigenvalue weighted by Crippen LogP contribution is 2.31. The van der Waals surface area contributed by atoms with E-state index >= 15 is 0 Å². The fraction of sp³-hybridized carbons (Fsp3) is 0.444. The normalized spacial score (nSPS) is 18.0. The molecular weight excluding hydrogens is 262 g/mol. The molecule has 1 fully saturated rings. The molecule has 1 aliphatic carbocycles. The predicted molar refractivity (Wildman–Crippen MR) is 82.8 cm³/mol. The lowest BCUT2D eigenvalue weighted by Crippen LogP contribution is -2.30. The highest BCUT2D eigenvalue weighted by Gasteiger charge is 2.28. The lowest BCUT2D eigenvalue weighted by atomic mass is 9.86. The van der Waals surface area contributed by atoms with Gasteiger partial charge in [-0.05, 0) is 60.9 Å². The third-order valence-corrected chi connectivity index (χ3v) is 4.63. The molecular formula is C18H21NO2. The second kappa shape index (κ2) is 5.47. The summed E-state index contributed by atoms with van der Waals surface area (Å²) in [6, 6.07) is 4.53. The van der Waals surface area contributed by atoms with Gasteiger partial charge in [0.2, 0.25) is 11.8 Å². The maximum Gasteiger partial charge on any atom is 0.229 e. The van der Waals surface area contributed by atoms with Gasteiger partial charge in [0.05, 0.1) is 0 Å². The van der Waals surface area contributed by atoms with E-state index in [0.717, 1.165) is 19.3 Å². The Hall–Kier alpha value is -1.90. The number of amides is 2. The molecule has 3 heteroatoms. The van der Waals surface area contributed by atoms with Gasteiger partial charge >= 0.3 is 0 Å². The van der Waals surface area contributed by atoms with E-state index in [1.807, 2.05) is 0 Å². The Bertz CT molecular complexity index is 627. The van der Waals surface area contributed by atoms with Crippen LogP contribution in [0, 0.1) is 13.8 Å². The number of carbonyl (C=O) groups is 2. The van der Waals surface area contributed by atoms with Crippen molar-refractivity contribution in [1.82, 2.24) is 4.90 Å². The van der Waals surface area contributed by atoms with Crippen LogP contribution in [0.15, 0.2) is 18.2 Å². The maximum atomic E-state index is 11.7. The van der Waals surface area contributed by atoms with E-state index < -0.39 is 0 Å². The van der Waals surface area contributed by atoms with Crippen LogP contribution in [0.5, 0.6) is 0 Å². The minimum atomic E-state index is -0.0169. The van der Waals surface area contributed by atoms with Gasteiger partial charge in [-0.1, -0.05) is 18.2 Å². The Morgan fingerprint density at radius 1 is 1.00 bits per heavy atom.